The summed E-state index contributed by atoms with van der Waals surface area (Å²) >= 11 is 0. The van der Waals surface area contributed by atoms with Crippen LogP contribution in [0.3, 0.4) is 0 Å². The van der Waals surface area contributed by atoms with Gasteiger partial charge in [0.2, 0.25) is 0 Å². The molecule has 0 radical (unpaired) electrons. The van der Waals surface area contributed by atoms with Gasteiger partial charge in [-0.05, 0) is 6.92 Å². The van der Waals surface area contributed by atoms with E-state index in [4.69, 9.17) is 0 Å². The predicted molar refractivity (Wildman–Crippen MR) is 36.9 cm³/mol. The summed E-state index contributed by atoms with van der Waals surface area (Å²) in [4.78, 5) is 0. The van der Waals surface area contributed by atoms with Gasteiger partial charge in [-0.3, -0.25) is 0 Å². The first-order valence-electron chi connectivity index (χ1n) is 3.72. The predicted octanol–water partition coefficient (Wildman–Crippen LogP) is 2.65. The fourth-order valence-electron chi connectivity index (χ4n) is 0.830. The summed E-state index contributed by atoms with van der Waals surface area (Å²) in [5.41, 5.74) is 0. The quantitative estimate of drug-likeness (QED) is 0.628. The van der Waals surface area contributed by atoms with E-state index in [-0.39, 0.29) is 6.61 Å². The van der Waals surface area contributed by atoms with E-state index in [1.807, 2.05) is 0 Å². The third-order valence-corrected chi connectivity index (χ3v) is 1.38. The average Bonchev–Trinajstić information content (AvgIpc) is 1.96. The lowest BCUT2D eigenvalue weighted by Gasteiger charge is -2.25. The second kappa shape index (κ2) is 4.74. The van der Waals surface area contributed by atoms with Gasteiger partial charge >= 0.3 is 0 Å². The molecule has 6 heteroatoms. The van der Waals surface area contributed by atoms with E-state index in [9.17, 15) is 22.0 Å². The largest absolute Gasteiger partial charge is 0.369 e. The Balaban J connectivity index is 4.41. The Kier molecular flexibility index (Phi) is 4.60. The van der Waals surface area contributed by atoms with E-state index in [0.717, 1.165) is 0 Å². The minimum Gasteiger partial charge on any atom is -0.369 e. The van der Waals surface area contributed by atoms with Gasteiger partial charge in [-0.25, -0.2) is 22.0 Å². The highest BCUT2D eigenvalue weighted by Crippen LogP contribution is 2.27. The lowest BCUT2D eigenvalue weighted by atomic mass is 10.1. The number of hydrogen-bond donors (Lipinski definition) is 0. The van der Waals surface area contributed by atoms with Crippen LogP contribution in [0.4, 0.5) is 22.0 Å². The summed E-state index contributed by atoms with van der Waals surface area (Å²) in [5.74, 6) is -3.61. The molecular weight excluding hydrogens is 195 g/mol. The number of hydrogen-bond acceptors (Lipinski definition) is 1. The fourth-order valence-corrected chi connectivity index (χ4v) is 0.830. The zero-order valence-corrected chi connectivity index (χ0v) is 7.24. The van der Waals surface area contributed by atoms with Gasteiger partial charge in [0.15, 0.2) is 12.3 Å². The molecule has 0 amide bonds. The van der Waals surface area contributed by atoms with Crippen molar-refractivity contribution in [3.05, 3.63) is 0 Å². The van der Waals surface area contributed by atoms with E-state index in [0.29, 0.717) is 6.92 Å². The average molecular weight is 206 g/mol. The van der Waals surface area contributed by atoms with Crippen molar-refractivity contribution < 1.29 is 26.7 Å². The molecule has 0 aliphatic rings. The summed E-state index contributed by atoms with van der Waals surface area (Å²) < 4.78 is 65.2. The second-order valence-corrected chi connectivity index (χ2v) is 2.61. The van der Waals surface area contributed by atoms with Crippen molar-refractivity contribution in [1.82, 2.24) is 0 Å². The van der Waals surface area contributed by atoms with E-state index in [2.05, 4.69) is 4.74 Å². The molecule has 0 saturated carbocycles. The van der Waals surface area contributed by atoms with Crippen LogP contribution in [0, 0.1) is 0 Å². The maximum atomic E-state index is 12.5. The second-order valence-electron chi connectivity index (χ2n) is 2.61. The molecular formula is C7H11F5O. The topological polar surface area (TPSA) is 9.23 Å². The van der Waals surface area contributed by atoms with Gasteiger partial charge in [-0.2, -0.15) is 0 Å². The molecule has 0 bridgehead atoms. The summed E-state index contributed by atoms with van der Waals surface area (Å²) in [6, 6.07) is 0. The van der Waals surface area contributed by atoms with Crippen LogP contribution < -0.4 is 0 Å². The van der Waals surface area contributed by atoms with Gasteiger partial charge in [-0.1, -0.05) is 0 Å². The minimum atomic E-state index is -3.61. The SMILES string of the molecule is CCOC(C(F)C(F)F)C(C)(F)F. The highest BCUT2D eigenvalue weighted by molar-refractivity contribution is 4.82. The van der Waals surface area contributed by atoms with Crippen LogP contribution >= 0.6 is 0 Å². The van der Waals surface area contributed by atoms with Crippen LogP contribution in [-0.4, -0.2) is 31.2 Å². The Labute approximate surface area is 72.9 Å². The first-order valence-corrected chi connectivity index (χ1v) is 3.72. The molecule has 0 saturated heterocycles. The van der Waals surface area contributed by atoms with Crippen molar-refractivity contribution in [2.24, 2.45) is 0 Å². The van der Waals surface area contributed by atoms with Crippen LogP contribution in [0.15, 0.2) is 0 Å². The lowest BCUT2D eigenvalue weighted by Crippen LogP contribution is -2.44. The first kappa shape index (κ1) is 12.6. The maximum absolute atomic E-state index is 12.5. The normalized spacial score (nSPS) is 17.5. The van der Waals surface area contributed by atoms with Gasteiger partial charge in [-0.15, -0.1) is 0 Å². The molecule has 1 nitrogen and oxygen atoms in total. The summed E-state index contributed by atoms with van der Waals surface area (Å²) in [6.07, 6.45) is -8.79. The molecule has 0 fully saturated rings. The maximum Gasteiger partial charge on any atom is 0.274 e. The molecule has 80 valence electrons. The Bertz CT molecular complexity index is 144. The summed E-state index contributed by atoms with van der Waals surface area (Å²) in [6.45, 7) is 1.44. The van der Waals surface area contributed by atoms with Crippen molar-refractivity contribution in [1.29, 1.82) is 0 Å². The van der Waals surface area contributed by atoms with Gasteiger partial charge < -0.3 is 4.74 Å². The van der Waals surface area contributed by atoms with E-state index in [1.165, 1.54) is 6.92 Å². The van der Waals surface area contributed by atoms with Crippen molar-refractivity contribution >= 4 is 0 Å². The van der Waals surface area contributed by atoms with Crippen molar-refractivity contribution in [3.63, 3.8) is 0 Å². The molecule has 0 spiro atoms. The molecule has 0 aromatic carbocycles. The highest BCUT2D eigenvalue weighted by atomic mass is 19.3. The number of halogens is 5. The van der Waals surface area contributed by atoms with Gasteiger partial charge in [0.1, 0.15) is 0 Å². The molecule has 0 aromatic heterocycles. The number of alkyl halides is 5. The molecule has 0 rings (SSSR count). The monoisotopic (exact) mass is 206 g/mol. The zero-order valence-electron chi connectivity index (χ0n) is 7.24. The number of rotatable bonds is 5. The molecule has 2 atom stereocenters. The van der Waals surface area contributed by atoms with Crippen LogP contribution in [0.5, 0.6) is 0 Å². The Morgan fingerprint density at radius 1 is 1.23 bits per heavy atom. The molecule has 0 aromatic rings. The summed E-state index contributed by atoms with van der Waals surface area (Å²) in [5, 5.41) is 0. The van der Waals surface area contributed by atoms with Gasteiger partial charge in [0.05, 0.1) is 0 Å². The zero-order chi connectivity index (χ0) is 10.6. The fraction of sp³-hybridized carbons (Fsp3) is 1.00. The smallest absolute Gasteiger partial charge is 0.274 e. The molecule has 2 unspecified atom stereocenters. The first-order chi connectivity index (χ1) is 5.80. The third-order valence-electron chi connectivity index (χ3n) is 1.38. The van der Waals surface area contributed by atoms with Gasteiger partial charge in [0, 0.05) is 13.5 Å². The van der Waals surface area contributed by atoms with Crippen molar-refractivity contribution in [2.45, 2.75) is 38.5 Å². The summed E-state index contributed by atoms with van der Waals surface area (Å²) in [7, 11) is 0. The molecule has 0 N–H and O–H groups in total. The van der Waals surface area contributed by atoms with E-state index >= 15 is 0 Å². The molecule has 13 heavy (non-hydrogen) atoms. The van der Waals surface area contributed by atoms with E-state index < -0.39 is 24.6 Å². The number of ether oxygens (including phenoxy) is 1. The highest BCUT2D eigenvalue weighted by Gasteiger charge is 2.45. The molecule has 0 heterocycles. The van der Waals surface area contributed by atoms with Crippen molar-refractivity contribution in [3.8, 4) is 0 Å². The van der Waals surface area contributed by atoms with Crippen LogP contribution in [-0.2, 0) is 4.74 Å². The Hall–Kier alpha value is -0.390. The Morgan fingerprint density at radius 3 is 1.92 bits per heavy atom. The lowest BCUT2D eigenvalue weighted by molar-refractivity contribution is -0.173. The Morgan fingerprint density at radius 2 is 1.69 bits per heavy atom. The van der Waals surface area contributed by atoms with Crippen molar-refractivity contribution in [2.75, 3.05) is 6.61 Å². The minimum absolute atomic E-state index is 0.235. The van der Waals surface area contributed by atoms with Gasteiger partial charge in [0.25, 0.3) is 12.3 Å². The third kappa shape index (κ3) is 3.89. The molecule has 0 aliphatic heterocycles. The van der Waals surface area contributed by atoms with Crippen LogP contribution in [0.2, 0.25) is 0 Å². The van der Waals surface area contributed by atoms with Crippen LogP contribution in [0.1, 0.15) is 13.8 Å². The standard InChI is InChI=1S/C7H11F5O/c1-3-13-5(7(2,11)12)4(8)6(9)10/h4-6H,3H2,1-2H3. The van der Waals surface area contributed by atoms with E-state index in [1.54, 1.807) is 0 Å². The van der Waals surface area contributed by atoms with Crippen LogP contribution in [0.25, 0.3) is 0 Å². The molecule has 0 aliphatic carbocycles.